The van der Waals surface area contributed by atoms with Crippen LogP contribution in [0.25, 0.3) is 0 Å². The van der Waals surface area contributed by atoms with Gasteiger partial charge in [-0.2, -0.15) is 4.98 Å². The Hall–Kier alpha value is -0.940. The van der Waals surface area contributed by atoms with Crippen LogP contribution in [0.1, 0.15) is 69.5 Å². The molecule has 2 fully saturated rings. The number of rotatable bonds is 5. The van der Waals surface area contributed by atoms with Crippen LogP contribution >= 0.6 is 0 Å². The summed E-state index contributed by atoms with van der Waals surface area (Å²) in [6.07, 6.45) is 8.96. The van der Waals surface area contributed by atoms with E-state index in [-0.39, 0.29) is 0 Å². The minimum atomic E-state index is 0.333. The summed E-state index contributed by atoms with van der Waals surface area (Å²) in [7, 11) is 0. The third-order valence-corrected chi connectivity index (χ3v) is 4.54. The van der Waals surface area contributed by atoms with Crippen molar-refractivity contribution >= 4 is 0 Å². The third-order valence-electron chi connectivity index (χ3n) is 4.54. The van der Waals surface area contributed by atoms with E-state index >= 15 is 0 Å². The first-order valence-corrected chi connectivity index (χ1v) is 8.00. The normalized spacial score (nSPS) is 25.9. The maximum Gasteiger partial charge on any atom is 0.229 e. The Morgan fingerprint density at radius 3 is 2.80 bits per heavy atom. The van der Waals surface area contributed by atoms with Crippen LogP contribution in [0.4, 0.5) is 0 Å². The van der Waals surface area contributed by atoms with Gasteiger partial charge in [0, 0.05) is 18.6 Å². The first kappa shape index (κ1) is 14.0. The Morgan fingerprint density at radius 1 is 1.20 bits per heavy atom. The molecule has 1 saturated carbocycles. The van der Waals surface area contributed by atoms with Gasteiger partial charge in [0.15, 0.2) is 5.82 Å². The quantitative estimate of drug-likeness (QED) is 0.898. The van der Waals surface area contributed by atoms with E-state index in [0.717, 1.165) is 24.7 Å². The van der Waals surface area contributed by atoms with Crippen LogP contribution in [0.5, 0.6) is 0 Å². The summed E-state index contributed by atoms with van der Waals surface area (Å²) >= 11 is 0. The summed E-state index contributed by atoms with van der Waals surface area (Å²) in [6.45, 7) is 3.72. The molecule has 2 heterocycles. The van der Waals surface area contributed by atoms with Gasteiger partial charge in [0.05, 0.1) is 12.6 Å². The number of ether oxygens (including phenoxy) is 1. The molecule has 0 spiro atoms. The topological polar surface area (TPSA) is 60.2 Å². The second-order valence-electron chi connectivity index (χ2n) is 6.10. The molecule has 0 radical (unpaired) electrons. The highest BCUT2D eigenvalue weighted by atomic mass is 16.5. The minimum Gasteiger partial charge on any atom is -0.377 e. The van der Waals surface area contributed by atoms with E-state index in [4.69, 9.17) is 9.26 Å². The van der Waals surface area contributed by atoms with Crippen molar-refractivity contribution in [1.29, 1.82) is 0 Å². The fourth-order valence-electron chi connectivity index (χ4n) is 3.24. The van der Waals surface area contributed by atoms with Crippen LogP contribution < -0.4 is 5.32 Å². The number of nitrogens with one attached hydrogen (secondary N) is 1. The molecule has 1 aliphatic heterocycles. The van der Waals surface area contributed by atoms with Crippen molar-refractivity contribution in [1.82, 2.24) is 15.5 Å². The number of aromatic nitrogens is 2. The molecule has 1 N–H and O–H groups in total. The van der Waals surface area contributed by atoms with Gasteiger partial charge < -0.3 is 14.6 Å². The van der Waals surface area contributed by atoms with Gasteiger partial charge in [-0.25, -0.2) is 0 Å². The molecular formula is C15H25N3O2. The molecule has 0 aromatic carbocycles. The Labute approximate surface area is 120 Å². The van der Waals surface area contributed by atoms with Crippen LogP contribution in [0, 0.1) is 0 Å². The Bertz CT molecular complexity index is 409. The minimum absolute atomic E-state index is 0.333. The molecule has 1 aliphatic carbocycles. The fraction of sp³-hybridized carbons (Fsp3) is 0.867. The number of hydrogen-bond acceptors (Lipinski definition) is 5. The maximum absolute atomic E-state index is 5.68. The molecule has 0 amide bonds. The lowest BCUT2D eigenvalue weighted by Gasteiger charge is -2.19. The molecule has 2 aliphatic rings. The van der Waals surface area contributed by atoms with Crippen LogP contribution in [0.15, 0.2) is 4.52 Å². The lowest BCUT2D eigenvalue weighted by Crippen LogP contribution is -2.36. The smallest absolute Gasteiger partial charge is 0.229 e. The Morgan fingerprint density at radius 2 is 2.05 bits per heavy atom. The van der Waals surface area contributed by atoms with Crippen molar-refractivity contribution in [3.63, 3.8) is 0 Å². The first-order valence-electron chi connectivity index (χ1n) is 8.00. The molecular weight excluding hydrogens is 254 g/mol. The molecule has 1 aromatic heterocycles. The highest BCUT2D eigenvalue weighted by Crippen LogP contribution is 2.31. The van der Waals surface area contributed by atoms with Gasteiger partial charge >= 0.3 is 0 Å². The molecule has 0 bridgehead atoms. The predicted molar refractivity (Wildman–Crippen MR) is 75.4 cm³/mol. The van der Waals surface area contributed by atoms with Gasteiger partial charge in [-0.05, 0) is 32.6 Å². The van der Waals surface area contributed by atoms with Crippen molar-refractivity contribution in [2.45, 2.75) is 76.5 Å². The molecule has 0 unspecified atom stereocenters. The van der Waals surface area contributed by atoms with E-state index in [1.165, 1.54) is 38.5 Å². The van der Waals surface area contributed by atoms with Gasteiger partial charge in [-0.1, -0.05) is 24.4 Å². The van der Waals surface area contributed by atoms with Crippen LogP contribution in [0.3, 0.4) is 0 Å². The molecule has 20 heavy (non-hydrogen) atoms. The molecule has 3 rings (SSSR count). The Balaban J connectivity index is 1.49. The van der Waals surface area contributed by atoms with E-state index in [9.17, 15) is 0 Å². The van der Waals surface area contributed by atoms with Crippen molar-refractivity contribution in [2.75, 3.05) is 6.61 Å². The third kappa shape index (κ3) is 3.38. The highest BCUT2D eigenvalue weighted by Gasteiger charge is 2.24. The van der Waals surface area contributed by atoms with E-state index < -0.39 is 0 Å². The largest absolute Gasteiger partial charge is 0.377 e. The van der Waals surface area contributed by atoms with Gasteiger partial charge in [0.2, 0.25) is 5.89 Å². The van der Waals surface area contributed by atoms with Crippen molar-refractivity contribution in [2.24, 2.45) is 0 Å². The van der Waals surface area contributed by atoms with Crippen molar-refractivity contribution in [3.05, 3.63) is 11.7 Å². The molecule has 112 valence electrons. The van der Waals surface area contributed by atoms with Gasteiger partial charge in [0.1, 0.15) is 0 Å². The first-order chi connectivity index (χ1) is 9.83. The average Bonchev–Trinajstić information content (AvgIpc) is 3.17. The lowest BCUT2D eigenvalue weighted by atomic mass is 9.89. The standard InChI is InChI=1S/C15H25N3O2/c1-11(13-8-5-9-19-13)16-10-14-17-15(20-18-14)12-6-3-2-4-7-12/h11-13,16H,2-10H2,1H3/t11-,13+/m1/s1. The average molecular weight is 279 g/mol. The number of nitrogens with zero attached hydrogens (tertiary/aromatic N) is 2. The SMILES string of the molecule is C[C@@H](NCc1noc(C2CCCCC2)n1)[C@@H]1CCCO1. The Kier molecular flexibility index (Phi) is 4.68. The number of hydrogen-bond donors (Lipinski definition) is 1. The summed E-state index contributed by atoms with van der Waals surface area (Å²) in [5.41, 5.74) is 0. The summed E-state index contributed by atoms with van der Waals surface area (Å²) < 4.78 is 11.1. The van der Waals surface area contributed by atoms with Gasteiger partial charge in [-0.15, -0.1) is 0 Å². The molecule has 5 heteroatoms. The highest BCUT2D eigenvalue weighted by molar-refractivity contribution is 4.95. The fourth-order valence-corrected chi connectivity index (χ4v) is 3.24. The van der Waals surface area contributed by atoms with E-state index in [0.29, 0.717) is 24.6 Å². The molecule has 2 atom stereocenters. The summed E-state index contributed by atoms with van der Waals surface area (Å²) in [4.78, 5) is 4.55. The van der Waals surface area contributed by atoms with Crippen molar-refractivity contribution < 1.29 is 9.26 Å². The van der Waals surface area contributed by atoms with Crippen molar-refractivity contribution in [3.8, 4) is 0 Å². The maximum atomic E-state index is 5.68. The van der Waals surface area contributed by atoms with Gasteiger partial charge in [0.25, 0.3) is 0 Å². The van der Waals surface area contributed by atoms with E-state index in [1.807, 2.05) is 0 Å². The van der Waals surface area contributed by atoms with E-state index in [2.05, 4.69) is 22.4 Å². The van der Waals surface area contributed by atoms with E-state index in [1.54, 1.807) is 0 Å². The van der Waals surface area contributed by atoms with Crippen LogP contribution in [-0.2, 0) is 11.3 Å². The van der Waals surface area contributed by atoms with Crippen LogP contribution in [-0.4, -0.2) is 28.9 Å². The second kappa shape index (κ2) is 6.68. The molecule has 1 saturated heterocycles. The predicted octanol–water partition coefficient (Wildman–Crippen LogP) is 2.77. The second-order valence-corrected chi connectivity index (χ2v) is 6.10. The molecule has 5 nitrogen and oxygen atoms in total. The zero-order valence-electron chi connectivity index (χ0n) is 12.3. The lowest BCUT2D eigenvalue weighted by molar-refractivity contribution is 0.0829. The zero-order valence-corrected chi connectivity index (χ0v) is 12.3. The summed E-state index contributed by atoms with van der Waals surface area (Å²) in [5, 5.41) is 7.55. The monoisotopic (exact) mass is 279 g/mol. The summed E-state index contributed by atoms with van der Waals surface area (Å²) in [6, 6.07) is 0.342. The summed E-state index contributed by atoms with van der Waals surface area (Å²) in [5.74, 6) is 2.10. The van der Waals surface area contributed by atoms with Gasteiger partial charge in [-0.3, -0.25) is 0 Å². The molecule has 1 aromatic rings. The zero-order chi connectivity index (χ0) is 13.8. The van der Waals surface area contributed by atoms with Crippen LogP contribution in [0.2, 0.25) is 0 Å².